The number of halogens is 4. The molecule has 0 N–H and O–H groups in total. The standard InChI is InChI=1S/C14H13ClF3NO2/c1-13(2,3)21-12(20)19-5-4-8-6-10(15)9(7-11(8)19)14(16,17)18/h4-7H,1-3H3. The Hall–Kier alpha value is -1.69. The fourth-order valence-electron chi connectivity index (χ4n) is 1.84. The largest absolute Gasteiger partial charge is 0.443 e. The average molecular weight is 320 g/mol. The number of ether oxygens (including phenoxy) is 1. The first-order chi connectivity index (χ1) is 9.49. The molecule has 1 aromatic carbocycles. The Balaban J connectivity index is 2.55. The van der Waals surface area contributed by atoms with E-state index >= 15 is 0 Å². The normalized spacial score (nSPS) is 12.7. The van der Waals surface area contributed by atoms with Crippen molar-refractivity contribution in [2.45, 2.75) is 32.5 Å². The summed E-state index contributed by atoms with van der Waals surface area (Å²) in [6, 6.07) is 3.54. The first kappa shape index (κ1) is 15.7. The van der Waals surface area contributed by atoms with Crippen LogP contribution in [0.2, 0.25) is 5.02 Å². The zero-order chi connectivity index (χ0) is 16.0. The summed E-state index contributed by atoms with van der Waals surface area (Å²) in [5.41, 5.74) is -1.63. The van der Waals surface area contributed by atoms with Crippen LogP contribution in [0.3, 0.4) is 0 Å². The molecule has 0 saturated carbocycles. The van der Waals surface area contributed by atoms with Gasteiger partial charge in [-0.15, -0.1) is 0 Å². The van der Waals surface area contributed by atoms with Crippen LogP contribution in [-0.2, 0) is 10.9 Å². The number of benzene rings is 1. The van der Waals surface area contributed by atoms with Crippen LogP contribution in [0.25, 0.3) is 10.9 Å². The van der Waals surface area contributed by atoms with E-state index in [4.69, 9.17) is 16.3 Å². The molecule has 2 rings (SSSR count). The fraction of sp³-hybridized carbons (Fsp3) is 0.357. The van der Waals surface area contributed by atoms with Crippen LogP contribution >= 0.6 is 11.6 Å². The van der Waals surface area contributed by atoms with Gasteiger partial charge < -0.3 is 4.74 Å². The van der Waals surface area contributed by atoms with E-state index in [1.54, 1.807) is 20.8 Å². The van der Waals surface area contributed by atoms with Crippen LogP contribution in [-0.4, -0.2) is 16.3 Å². The molecule has 0 aliphatic rings. The number of nitrogens with zero attached hydrogens (tertiary/aromatic N) is 1. The van der Waals surface area contributed by atoms with Gasteiger partial charge in [0.05, 0.1) is 16.1 Å². The Labute approximate surface area is 124 Å². The molecule has 2 aromatic rings. The van der Waals surface area contributed by atoms with E-state index in [9.17, 15) is 18.0 Å². The van der Waals surface area contributed by atoms with Gasteiger partial charge in [0.1, 0.15) is 5.60 Å². The zero-order valence-electron chi connectivity index (χ0n) is 11.6. The van der Waals surface area contributed by atoms with E-state index in [2.05, 4.69) is 0 Å². The molecule has 0 aliphatic heterocycles. The molecule has 114 valence electrons. The Morgan fingerprint density at radius 2 is 1.86 bits per heavy atom. The number of hydrogen-bond acceptors (Lipinski definition) is 2. The van der Waals surface area contributed by atoms with Crippen molar-refractivity contribution in [3.05, 3.63) is 35.0 Å². The smallest absolute Gasteiger partial charge is 0.418 e. The van der Waals surface area contributed by atoms with E-state index < -0.39 is 28.5 Å². The predicted molar refractivity (Wildman–Crippen MR) is 73.6 cm³/mol. The summed E-state index contributed by atoms with van der Waals surface area (Å²) in [6.45, 7) is 5.03. The Kier molecular flexibility index (Phi) is 3.70. The van der Waals surface area contributed by atoms with Gasteiger partial charge in [-0.3, -0.25) is 4.57 Å². The summed E-state index contributed by atoms with van der Waals surface area (Å²) in [7, 11) is 0. The number of hydrogen-bond donors (Lipinski definition) is 0. The van der Waals surface area contributed by atoms with Crippen LogP contribution in [0.15, 0.2) is 24.4 Å². The minimum atomic E-state index is -4.59. The minimum absolute atomic E-state index is 0.0981. The summed E-state index contributed by atoms with van der Waals surface area (Å²) in [5.74, 6) is 0. The third kappa shape index (κ3) is 3.32. The van der Waals surface area contributed by atoms with Gasteiger partial charge >= 0.3 is 12.3 Å². The molecule has 0 radical (unpaired) electrons. The second-order valence-corrected chi connectivity index (χ2v) is 5.96. The van der Waals surface area contributed by atoms with E-state index in [0.29, 0.717) is 5.39 Å². The van der Waals surface area contributed by atoms with Crippen molar-refractivity contribution in [2.75, 3.05) is 0 Å². The van der Waals surface area contributed by atoms with Gasteiger partial charge in [-0.05, 0) is 39.0 Å². The number of carbonyl (C=O) groups is 1. The highest BCUT2D eigenvalue weighted by Gasteiger charge is 2.34. The topological polar surface area (TPSA) is 31.2 Å². The summed E-state index contributed by atoms with van der Waals surface area (Å²) >= 11 is 5.64. The van der Waals surface area contributed by atoms with Crippen molar-refractivity contribution in [3.8, 4) is 0 Å². The molecule has 1 aromatic heterocycles. The Bertz CT molecular complexity index is 699. The summed E-state index contributed by atoms with van der Waals surface area (Å²) in [4.78, 5) is 12.0. The summed E-state index contributed by atoms with van der Waals surface area (Å²) < 4.78 is 44.8. The highest BCUT2D eigenvalue weighted by atomic mass is 35.5. The van der Waals surface area contributed by atoms with Crippen LogP contribution < -0.4 is 0 Å². The van der Waals surface area contributed by atoms with Crippen LogP contribution in [0.1, 0.15) is 26.3 Å². The first-order valence-corrected chi connectivity index (χ1v) is 6.48. The second kappa shape index (κ2) is 4.94. The number of aromatic nitrogens is 1. The first-order valence-electron chi connectivity index (χ1n) is 6.10. The van der Waals surface area contributed by atoms with Crippen LogP contribution in [0, 0.1) is 0 Å². The maximum Gasteiger partial charge on any atom is 0.418 e. The third-order valence-corrected chi connectivity index (χ3v) is 2.99. The van der Waals surface area contributed by atoms with Crippen molar-refractivity contribution < 1.29 is 22.7 Å². The number of carbonyl (C=O) groups excluding carboxylic acids is 1. The van der Waals surface area contributed by atoms with Crippen molar-refractivity contribution in [1.29, 1.82) is 0 Å². The van der Waals surface area contributed by atoms with Gasteiger partial charge in [0.2, 0.25) is 0 Å². The highest BCUT2D eigenvalue weighted by molar-refractivity contribution is 6.32. The Morgan fingerprint density at radius 3 is 2.38 bits per heavy atom. The van der Waals surface area contributed by atoms with Crippen LogP contribution in [0.4, 0.5) is 18.0 Å². The lowest BCUT2D eigenvalue weighted by atomic mass is 10.1. The fourth-order valence-corrected chi connectivity index (χ4v) is 2.12. The van der Waals surface area contributed by atoms with Crippen molar-refractivity contribution >= 4 is 28.6 Å². The molecular weight excluding hydrogens is 307 g/mol. The van der Waals surface area contributed by atoms with E-state index in [1.165, 1.54) is 18.3 Å². The second-order valence-electron chi connectivity index (χ2n) is 5.55. The average Bonchev–Trinajstić information content (AvgIpc) is 2.66. The number of rotatable bonds is 0. The zero-order valence-corrected chi connectivity index (χ0v) is 12.3. The molecule has 7 heteroatoms. The van der Waals surface area contributed by atoms with Gasteiger partial charge in [0.15, 0.2) is 0 Å². The lowest BCUT2D eigenvalue weighted by Gasteiger charge is -2.20. The quantitative estimate of drug-likeness (QED) is 0.676. The van der Waals surface area contributed by atoms with Crippen LogP contribution in [0.5, 0.6) is 0 Å². The molecule has 0 unspecified atom stereocenters. The van der Waals surface area contributed by atoms with E-state index in [0.717, 1.165) is 10.6 Å². The molecule has 21 heavy (non-hydrogen) atoms. The molecule has 0 aliphatic carbocycles. The maximum absolute atomic E-state index is 12.9. The van der Waals surface area contributed by atoms with Gasteiger partial charge in [-0.1, -0.05) is 11.6 Å². The van der Waals surface area contributed by atoms with Gasteiger partial charge in [-0.2, -0.15) is 13.2 Å². The molecule has 1 heterocycles. The molecule has 0 amide bonds. The lowest BCUT2D eigenvalue weighted by Crippen LogP contribution is -2.26. The molecule has 0 spiro atoms. The molecule has 0 atom stereocenters. The predicted octanol–water partition coefficient (Wildman–Crippen LogP) is 5.10. The SMILES string of the molecule is CC(C)(C)OC(=O)n1ccc2cc(Cl)c(C(F)(F)F)cc21. The van der Waals surface area contributed by atoms with Gasteiger partial charge in [-0.25, -0.2) is 4.79 Å². The van der Waals surface area contributed by atoms with Crippen molar-refractivity contribution in [1.82, 2.24) is 4.57 Å². The molecule has 0 bridgehead atoms. The summed E-state index contributed by atoms with van der Waals surface area (Å²) in [6.07, 6.45) is -3.98. The number of alkyl halides is 3. The van der Waals surface area contributed by atoms with Crippen molar-refractivity contribution in [3.63, 3.8) is 0 Å². The lowest BCUT2D eigenvalue weighted by molar-refractivity contribution is -0.137. The molecular formula is C14H13ClF3NO2. The molecule has 0 saturated heterocycles. The minimum Gasteiger partial charge on any atom is -0.443 e. The monoisotopic (exact) mass is 319 g/mol. The van der Waals surface area contributed by atoms with E-state index in [-0.39, 0.29) is 5.52 Å². The number of fused-ring (bicyclic) bond motifs is 1. The van der Waals surface area contributed by atoms with Gasteiger partial charge in [0.25, 0.3) is 0 Å². The summed E-state index contributed by atoms with van der Waals surface area (Å²) in [5, 5.41) is 0.0239. The van der Waals surface area contributed by atoms with Crippen molar-refractivity contribution in [2.24, 2.45) is 0 Å². The van der Waals surface area contributed by atoms with Gasteiger partial charge in [0, 0.05) is 11.6 Å². The Morgan fingerprint density at radius 1 is 1.24 bits per heavy atom. The third-order valence-electron chi connectivity index (χ3n) is 2.67. The molecule has 0 fully saturated rings. The molecule has 3 nitrogen and oxygen atoms in total. The highest BCUT2D eigenvalue weighted by Crippen LogP contribution is 2.37. The van der Waals surface area contributed by atoms with E-state index in [1.807, 2.05) is 0 Å². The maximum atomic E-state index is 12.9.